The molecule has 1 atom stereocenters. The van der Waals surface area contributed by atoms with Gasteiger partial charge in [-0.25, -0.2) is 0 Å². The lowest BCUT2D eigenvalue weighted by molar-refractivity contribution is -0.140. The first kappa shape index (κ1) is 11.5. The van der Waals surface area contributed by atoms with E-state index in [1.165, 1.54) is 7.11 Å². The minimum atomic E-state index is -0.120. The summed E-state index contributed by atoms with van der Waals surface area (Å²) in [4.78, 5) is 13.2. The van der Waals surface area contributed by atoms with Gasteiger partial charge in [0.15, 0.2) is 0 Å². The van der Waals surface area contributed by atoms with E-state index in [-0.39, 0.29) is 5.97 Å². The predicted octanol–water partition coefficient (Wildman–Crippen LogP) is 0.660. The zero-order valence-corrected chi connectivity index (χ0v) is 8.99. The van der Waals surface area contributed by atoms with Gasteiger partial charge >= 0.3 is 5.97 Å². The maximum atomic E-state index is 10.9. The van der Waals surface area contributed by atoms with Gasteiger partial charge in [-0.2, -0.15) is 0 Å². The molecule has 0 aromatic rings. The first-order valence-corrected chi connectivity index (χ1v) is 5.12. The monoisotopic (exact) mass is 201 g/mol. The molecular weight excluding hydrogens is 182 g/mol. The molecule has 4 heteroatoms. The third-order valence-corrected chi connectivity index (χ3v) is 2.56. The summed E-state index contributed by atoms with van der Waals surface area (Å²) in [5.74, 6) is -0.120. The summed E-state index contributed by atoms with van der Waals surface area (Å²) in [6, 6.07) is 0.474. The number of rotatable bonds is 4. The summed E-state index contributed by atoms with van der Waals surface area (Å²) in [5, 5.41) is 0. The van der Waals surface area contributed by atoms with Gasteiger partial charge < -0.3 is 9.47 Å². The van der Waals surface area contributed by atoms with Crippen molar-refractivity contribution in [2.24, 2.45) is 0 Å². The Kier molecular flexibility index (Phi) is 4.90. The van der Waals surface area contributed by atoms with Crippen LogP contribution in [-0.2, 0) is 14.3 Å². The quantitative estimate of drug-likeness (QED) is 0.626. The van der Waals surface area contributed by atoms with Crippen molar-refractivity contribution in [2.45, 2.75) is 25.8 Å². The summed E-state index contributed by atoms with van der Waals surface area (Å²) >= 11 is 0. The Bertz CT molecular complexity index is 184. The SMILES string of the molecule is COC(=O)CCCN1CCOCC1C. The molecular formula is C10H19NO3. The average molecular weight is 201 g/mol. The van der Waals surface area contributed by atoms with Crippen LogP contribution in [0.25, 0.3) is 0 Å². The molecule has 1 aliphatic rings. The number of esters is 1. The smallest absolute Gasteiger partial charge is 0.305 e. The third kappa shape index (κ3) is 3.64. The van der Waals surface area contributed by atoms with Gasteiger partial charge in [0, 0.05) is 19.0 Å². The van der Waals surface area contributed by atoms with Crippen molar-refractivity contribution in [1.82, 2.24) is 4.90 Å². The molecule has 1 aliphatic heterocycles. The third-order valence-electron chi connectivity index (χ3n) is 2.56. The van der Waals surface area contributed by atoms with E-state index in [2.05, 4.69) is 16.6 Å². The molecule has 1 saturated heterocycles. The van der Waals surface area contributed by atoms with E-state index in [1.807, 2.05) is 0 Å². The first-order valence-electron chi connectivity index (χ1n) is 5.12. The van der Waals surface area contributed by atoms with Crippen LogP contribution in [0.2, 0.25) is 0 Å². The molecule has 4 nitrogen and oxygen atoms in total. The molecule has 1 fully saturated rings. The predicted molar refractivity (Wildman–Crippen MR) is 53.1 cm³/mol. The van der Waals surface area contributed by atoms with Crippen LogP contribution in [0.4, 0.5) is 0 Å². The van der Waals surface area contributed by atoms with Crippen LogP contribution < -0.4 is 0 Å². The highest BCUT2D eigenvalue weighted by Crippen LogP contribution is 2.07. The summed E-state index contributed by atoms with van der Waals surface area (Å²) in [6.45, 7) is 5.69. The van der Waals surface area contributed by atoms with E-state index in [4.69, 9.17) is 4.74 Å². The second-order valence-corrected chi connectivity index (χ2v) is 3.64. The van der Waals surface area contributed by atoms with Gasteiger partial charge in [0.1, 0.15) is 0 Å². The van der Waals surface area contributed by atoms with Gasteiger partial charge in [0.2, 0.25) is 0 Å². The molecule has 0 aromatic heterocycles. The summed E-state index contributed by atoms with van der Waals surface area (Å²) in [6.07, 6.45) is 1.39. The maximum Gasteiger partial charge on any atom is 0.305 e. The molecule has 14 heavy (non-hydrogen) atoms. The topological polar surface area (TPSA) is 38.8 Å². The van der Waals surface area contributed by atoms with Gasteiger partial charge in [-0.15, -0.1) is 0 Å². The van der Waals surface area contributed by atoms with Crippen LogP contribution in [0.3, 0.4) is 0 Å². The van der Waals surface area contributed by atoms with Crippen LogP contribution in [0.1, 0.15) is 19.8 Å². The van der Waals surface area contributed by atoms with Crippen LogP contribution >= 0.6 is 0 Å². The maximum absolute atomic E-state index is 10.9. The highest BCUT2D eigenvalue weighted by Gasteiger charge is 2.18. The fourth-order valence-corrected chi connectivity index (χ4v) is 1.62. The average Bonchev–Trinajstić information content (AvgIpc) is 2.20. The number of nitrogens with zero attached hydrogens (tertiary/aromatic N) is 1. The molecule has 0 amide bonds. The minimum absolute atomic E-state index is 0.120. The lowest BCUT2D eigenvalue weighted by Crippen LogP contribution is -2.44. The number of morpholine rings is 1. The molecule has 0 aliphatic carbocycles. The van der Waals surface area contributed by atoms with Crippen molar-refractivity contribution in [3.8, 4) is 0 Å². The van der Waals surface area contributed by atoms with Crippen molar-refractivity contribution < 1.29 is 14.3 Å². The number of carbonyl (C=O) groups excluding carboxylic acids is 1. The van der Waals surface area contributed by atoms with E-state index in [9.17, 15) is 4.79 Å². The second-order valence-electron chi connectivity index (χ2n) is 3.64. The van der Waals surface area contributed by atoms with E-state index < -0.39 is 0 Å². The lowest BCUT2D eigenvalue weighted by Gasteiger charge is -2.33. The van der Waals surface area contributed by atoms with Gasteiger partial charge in [-0.05, 0) is 19.9 Å². The fourth-order valence-electron chi connectivity index (χ4n) is 1.62. The number of methoxy groups -OCH3 is 1. The zero-order valence-electron chi connectivity index (χ0n) is 8.99. The summed E-state index contributed by atoms with van der Waals surface area (Å²) in [5.41, 5.74) is 0. The van der Waals surface area contributed by atoms with Gasteiger partial charge in [-0.1, -0.05) is 0 Å². The molecule has 1 rings (SSSR count). The van der Waals surface area contributed by atoms with Gasteiger partial charge in [0.05, 0.1) is 20.3 Å². The van der Waals surface area contributed by atoms with Crippen LogP contribution in [0, 0.1) is 0 Å². The Labute approximate surface area is 85.2 Å². The van der Waals surface area contributed by atoms with Crippen molar-refractivity contribution in [3.63, 3.8) is 0 Å². The molecule has 0 aromatic carbocycles. The van der Waals surface area contributed by atoms with Crippen molar-refractivity contribution in [3.05, 3.63) is 0 Å². The van der Waals surface area contributed by atoms with E-state index in [0.29, 0.717) is 12.5 Å². The number of ether oxygens (including phenoxy) is 2. The molecule has 0 N–H and O–H groups in total. The Morgan fingerprint density at radius 2 is 2.43 bits per heavy atom. The van der Waals surface area contributed by atoms with Crippen molar-refractivity contribution in [2.75, 3.05) is 33.4 Å². The molecule has 1 heterocycles. The van der Waals surface area contributed by atoms with Crippen LogP contribution in [0.15, 0.2) is 0 Å². The molecule has 0 saturated carbocycles. The van der Waals surface area contributed by atoms with Gasteiger partial charge in [-0.3, -0.25) is 9.69 Å². The van der Waals surface area contributed by atoms with Crippen LogP contribution in [0.5, 0.6) is 0 Å². The molecule has 1 unspecified atom stereocenters. The number of hydrogen-bond donors (Lipinski definition) is 0. The zero-order chi connectivity index (χ0) is 10.4. The lowest BCUT2D eigenvalue weighted by atomic mass is 10.2. The normalized spacial score (nSPS) is 23.4. The van der Waals surface area contributed by atoms with Crippen molar-refractivity contribution in [1.29, 1.82) is 0 Å². The highest BCUT2D eigenvalue weighted by atomic mass is 16.5. The molecule has 0 bridgehead atoms. The van der Waals surface area contributed by atoms with Crippen LogP contribution in [-0.4, -0.2) is 50.3 Å². The van der Waals surface area contributed by atoms with E-state index in [0.717, 1.165) is 32.7 Å². The van der Waals surface area contributed by atoms with E-state index >= 15 is 0 Å². The molecule has 0 radical (unpaired) electrons. The van der Waals surface area contributed by atoms with Crippen molar-refractivity contribution >= 4 is 5.97 Å². The summed E-state index contributed by atoms with van der Waals surface area (Å²) < 4.78 is 9.91. The molecule has 0 spiro atoms. The standard InChI is InChI=1S/C10H19NO3/c1-9-8-14-7-6-11(9)5-3-4-10(12)13-2/h9H,3-8H2,1-2H3. The Hall–Kier alpha value is -0.610. The Morgan fingerprint density at radius 1 is 1.64 bits per heavy atom. The fraction of sp³-hybridized carbons (Fsp3) is 0.900. The van der Waals surface area contributed by atoms with Gasteiger partial charge in [0.25, 0.3) is 0 Å². The second kappa shape index (κ2) is 5.98. The number of hydrogen-bond acceptors (Lipinski definition) is 4. The largest absolute Gasteiger partial charge is 0.469 e. The molecule has 82 valence electrons. The highest BCUT2D eigenvalue weighted by molar-refractivity contribution is 5.69. The Balaban J connectivity index is 2.13. The van der Waals surface area contributed by atoms with E-state index in [1.54, 1.807) is 0 Å². The summed E-state index contributed by atoms with van der Waals surface area (Å²) in [7, 11) is 1.43. The minimum Gasteiger partial charge on any atom is -0.469 e. The number of carbonyl (C=O) groups is 1. The Morgan fingerprint density at radius 3 is 3.07 bits per heavy atom. The first-order chi connectivity index (χ1) is 6.74.